The minimum absolute atomic E-state index is 0.437. The van der Waals surface area contributed by atoms with Gasteiger partial charge in [-0.25, -0.2) is 9.78 Å². The van der Waals surface area contributed by atoms with Gasteiger partial charge < -0.3 is 4.74 Å². The van der Waals surface area contributed by atoms with E-state index in [1.54, 1.807) is 6.07 Å². The number of ether oxygens (including phenoxy) is 1. The number of cyclic esters (lactones) is 1. The van der Waals surface area contributed by atoms with E-state index in [0.29, 0.717) is 5.69 Å². The van der Waals surface area contributed by atoms with Crippen molar-refractivity contribution in [2.75, 3.05) is 0 Å². The number of imide groups is 1. The number of para-hydroxylation sites is 1. The molecule has 1 aromatic carbocycles. The number of hydrogen-bond acceptors (Lipinski definition) is 4. The normalized spacial score (nSPS) is 19.2. The molecule has 5 heteroatoms. The molecule has 0 radical (unpaired) electrons. The predicted octanol–water partition coefficient (Wildman–Crippen LogP) is 1.54. The molecule has 1 unspecified atom stereocenters. The maximum atomic E-state index is 11.4. The van der Waals surface area contributed by atoms with E-state index in [0.717, 1.165) is 10.9 Å². The van der Waals surface area contributed by atoms with E-state index in [2.05, 4.69) is 10.3 Å². The smallest absolute Gasteiger partial charge is 0.415 e. The van der Waals surface area contributed by atoms with E-state index < -0.39 is 18.1 Å². The fourth-order valence-electron chi connectivity index (χ4n) is 1.78. The fourth-order valence-corrected chi connectivity index (χ4v) is 1.78. The van der Waals surface area contributed by atoms with E-state index in [4.69, 9.17) is 4.74 Å². The summed E-state index contributed by atoms with van der Waals surface area (Å²) in [6.07, 6.45) is -1.66. The van der Waals surface area contributed by atoms with Crippen molar-refractivity contribution in [1.29, 1.82) is 0 Å². The van der Waals surface area contributed by atoms with Crippen molar-refractivity contribution in [3.05, 3.63) is 42.1 Å². The van der Waals surface area contributed by atoms with Gasteiger partial charge in [0.2, 0.25) is 6.10 Å². The summed E-state index contributed by atoms with van der Waals surface area (Å²) in [5.41, 5.74) is 1.20. The van der Waals surface area contributed by atoms with Crippen molar-refractivity contribution in [2.24, 2.45) is 0 Å². The topological polar surface area (TPSA) is 68.3 Å². The van der Waals surface area contributed by atoms with Gasteiger partial charge in [0.15, 0.2) is 0 Å². The van der Waals surface area contributed by atoms with Crippen LogP contribution in [0.1, 0.15) is 11.8 Å². The highest BCUT2D eigenvalue weighted by Gasteiger charge is 2.34. The van der Waals surface area contributed by atoms with Gasteiger partial charge in [0.05, 0.1) is 11.2 Å². The summed E-state index contributed by atoms with van der Waals surface area (Å²) < 4.78 is 4.85. The molecule has 2 aromatic rings. The molecular formula is C12H8N2O3. The first-order valence-corrected chi connectivity index (χ1v) is 5.11. The average molecular weight is 228 g/mol. The molecule has 0 spiro atoms. The van der Waals surface area contributed by atoms with Crippen LogP contribution in [0.3, 0.4) is 0 Å². The number of aromatic nitrogens is 1. The van der Waals surface area contributed by atoms with Crippen LogP contribution >= 0.6 is 0 Å². The lowest BCUT2D eigenvalue weighted by Gasteiger charge is -2.06. The first kappa shape index (κ1) is 9.77. The van der Waals surface area contributed by atoms with Gasteiger partial charge in [-0.05, 0) is 12.1 Å². The van der Waals surface area contributed by atoms with E-state index in [1.165, 1.54) is 0 Å². The first-order chi connectivity index (χ1) is 8.24. The van der Waals surface area contributed by atoms with Gasteiger partial charge in [0.25, 0.3) is 5.91 Å². The molecule has 5 nitrogen and oxygen atoms in total. The number of carbonyl (C=O) groups excluding carboxylic acids is 2. The zero-order chi connectivity index (χ0) is 11.8. The van der Waals surface area contributed by atoms with Crippen LogP contribution in [0.25, 0.3) is 10.9 Å². The number of hydrogen-bond donors (Lipinski definition) is 1. The molecule has 0 bridgehead atoms. The summed E-state index contributed by atoms with van der Waals surface area (Å²) >= 11 is 0. The Balaban J connectivity index is 2.06. The molecule has 1 atom stereocenters. The molecular weight excluding hydrogens is 220 g/mol. The molecule has 1 aromatic heterocycles. The minimum Gasteiger partial charge on any atom is -0.429 e. The Hall–Kier alpha value is -2.43. The van der Waals surface area contributed by atoms with Gasteiger partial charge in [-0.3, -0.25) is 10.1 Å². The van der Waals surface area contributed by atoms with E-state index in [-0.39, 0.29) is 0 Å². The molecule has 17 heavy (non-hydrogen) atoms. The van der Waals surface area contributed by atoms with Gasteiger partial charge in [-0.15, -0.1) is 0 Å². The second kappa shape index (κ2) is 3.55. The van der Waals surface area contributed by atoms with Gasteiger partial charge in [0.1, 0.15) is 0 Å². The number of alkyl carbamates (subject to hydrolysis) is 1. The molecule has 1 N–H and O–H groups in total. The highest BCUT2D eigenvalue weighted by atomic mass is 16.6. The average Bonchev–Trinajstić information content (AvgIpc) is 2.68. The van der Waals surface area contributed by atoms with Crippen LogP contribution in [0.2, 0.25) is 0 Å². The van der Waals surface area contributed by atoms with Crippen molar-refractivity contribution in [1.82, 2.24) is 10.3 Å². The van der Waals surface area contributed by atoms with Crippen molar-refractivity contribution in [2.45, 2.75) is 6.10 Å². The number of nitrogens with zero attached hydrogens (tertiary/aromatic N) is 1. The fraction of sp³-hybridized carbons (Fsp3) is 0.0833. The van der Waals surface area contributed by atoms with E-state index >= 15 is 0 Å². The van der Waals surface area contributed by atoms with Crippen LogP contribution in [-0.4, -0.2) is 17.0 Å². The number of carbonyl (C=O) groups is 2. The molecule has 84 valence electrons. The number of nitrogens with one attached hydrogen (secondary N) is 1. The van der Waals surface area contributed by atoms with Crippen molar-refractivity contribution < 1.29 is 14.3 Å². The van der Waals surface area contributed by atoms with Crippen molar-refractivity contribution in [3.63, 3.8) is 0 Å². The summed E-state index contributed by atoms with van der Waals surface area (Å²) in [6, 6.07) is 11.1. The van der Waals surface area contributed by atoms with Crippen LogP contribution in [0.4, 0.5) is 4.79 Å². The Morgan fingerprint density at radius 3 is 2.71 bits per heavy atom. The lowest BCUT2D eigenvalue weighted by Crippen LogP contribution is -2.20. The molecule has 1 saturated heterocycles. The molecule has 3 rings (SSSR count). The Kier molecular flexibility index (Phi) is 2.04. The van der Waals surface area contributed by atoms with Gasteiger partial charge in [-0.1, -0.05) is 24.3 Å². The molecule has 2 amide bonds. The van der Waals surface area contributed by atoms with Crippen LogP contribution in [-0.2, 0) is 9.53 Å². The summed E-state index contributed by atoms with van der Waals surface area (Å²) in [7, 11) is 0. The summed E-state index contributed by atoms with van der Waals surface area (Å²) in [5, 5.41) is 3.05. The number of amides is 2. The third-order valence-corrected chi connectivity index (χ3v) is 2.58. The van der Waals surface area contributed by atoms with E-state index in [1.807, 2.05) is 30.3 Å². The Morgan fingerprint density at radius 1 is 1.12 bits per heavy atom. The van der Waals surface area contributed by atoms with Crippen molar-refractivity contribution >= 4 is 22.9 Å². The zero-order valence-electron chi connectivity index (χ0n) is 8.71. The third kappa shape index (κ3) is 1.61. The van der Waals surface area contributed by atoms with E-state index in [9.17, 15) is 9.59 Å². The summed E-state index contributed by atoms with van der Waals surface area (Å²) in [5.74, 6) is -0.474. The number of benzene rings is 1. The van der Waals surface area contributed by atoms with Gasteiger partial charge in [0, 0.05) is 5.39 Å². The Bertz CT molecular complexity index is 624. The lowest BCUT2D eigenvalue weighted by molar-refractivity contribution is -0.123. The number of pyridine rings is 1. The molecule has 1 fully saturated rings. The predicted molar refractivity (Wildman–Crippen MR) is 59.1 cm³/mol. The number of fused-ring (bicyclic) bond motifs is 1. The monoisotopic (exact) mass is 228 g/mol. The van der Waals surface area contributed by atoms with Crippen LogP contribution < -0.4 is 5.32 Å². The molecule has 1 aliphatic rings. The molecule has 0 saturated carbocycles. The largest absolute Gasteiger partial charge is 0.429 e. The SMILES string of the molecule is O=C1NC(=O)C(c2ccc3ccccc3n2)O1. The summed E-state index contributed by atoms with van der Waals surface area (Å²) in [6.45, 7) is 0. The van der Waals surface area contributed by atoms with Crippen LogP contribution in [0, 0.1) is 0 Å². The highest BCUT2D eigenvalue weighted by Crippen LogP contribution is 2.22. The lowest BCUT2D eigenvalue weighted by atomic mass is 10.1. The molecule has 0 aliphatic carbocycles. The standard InChI is InChI=1S/C12H8N2O3/c15-11-10(17-12(16)14-11)9-6-5-7-3-1-2-4-8(7)13-9/h1-6,10H,(H,14,15,16). The van der Waals surface area contributed by atoms with Crippen LogP contribution in [0.5, 0.6) is 0 Å². The van der Waals surface area contributed by atoms with Gasteiger partial charge in [-0.2, -0.15) is 0 Å². The second-order valence-electron chi connectivity index (χ2n) is 3.70. The highest BCUT2D eigenvalue weighted by molar-refractivity contribution is 6.00. The second-order valence-corrected chi connectivity index (χ2v) is 3.70. The van der Waals surface area contributed by atoms with Gasteiger partial charge >= 0.3 is 6.09 Å². The number of rotatable bonds is 1. The summed E-state index contributed by atoms with van der Waals surface area (Å²) in [4.78, 5) is 26.6. The van der Waals surface area contributed by atoms with Crippen LogP contribution in [0.15, 0.2) is 36.4 Å². The quantitative estimate of drug-likeness (QED) is 0.803. The third-order valence-electron chi connectivity index (χ3n) is 2.58. The maximum absolute atomic E-state index is 11.4. The van der Waals surface area contributed by atoms with Crippen molar-refractivity contribution in [3.8, 4) is 0 Å². The zero-order valence-corrected chi connectivity index (χ0v) is 8.71. The maximum Gasteiger partial charge on any atom is 0.415 e. The molecule has 1 aliphatic heterocycles. The Labute approximate surface area is 96.4 Å². The minimum atomic E-state index is -0.938. The molecule has 2 heterocycles. The Morgan fingerprint density at radius 2 is 1.94 bits per heavy atom. The first-order valence-electron chi connectivity index (χ1n) is 5.11.